The van der Waals surface area contributed by atoms with E-state index in [2.05, 4.69) is 9.97 Å². The van der Waals surface area contributed by atoms with Gasteiger partial charge in [0.05, 0.1) is 28.6 Å². The number of imidazole rings is 1. The lowest BCUT2D eigenvalue weighted by molar-refractivity contribution is -0.135. The molecule has 1 atom stereocenters. The van der Waals surface area contributed by atoms with Crippen molar-refractivity contribution in [2.75, 3.05) is 37.6 Å². The molecule has 10 heteroatoms. The Morgan fingerprint density at radius 1 is 1.03 bits per heavy atom. The molecule has 0 bridgehead atoms. The fourth-order valence-corrected chi connectivity index (χ4v) is 5.59. The van der Waals surface area contributed by atoms with E-state index in [1.165, 1.54) is 0 Å². The van der Waals surface area contributed by atoms with Crippen LogP contribution in [0.25, 0.3) is 11.0 Å². The van der Waals surface area contributed by atoms with E-state index in [0.717, 1.165) is 11.0 Å². The SMILES string of the molecule is CC12CCC(=O)N1c1ccccc1C(=O)N2CC(=O)N1CCN(C(=O)c2ccc3nc[nH]c3c2)CC1. The fourth-order valence-electron chi connectivity index (χ4n) is 5.59. The predicted octanol–water partition coefficient (Wildman–Crippen LogP) is 1.85. The van der Waals surface area contributed by atoms with E-state index in [4.69, 9.17) is 0 Å². The van der Waals surface area contributed by atoms with Crippen LogP contribution in [0.1, 0.15) is 40.5 Å². The quantitative estimate of drug-likeness (QED) is 0.608. The summed E-state index contributed by atoms with van der Waals surface area (Å²) in [6, 6.07) is 12.4. The van der Waals surface area contributed by atoms with Crippen molar-refractivity contribution in [2.24, 2.45) is 0 Å². The molecule has 2 saturated heterocycles. The van der Waals surface area contributed by atoms with Crippen molar-refractivity contribution in [2.45, 2.75) is 25.4 Å². The largest absolute Gasteiger partial charge is 0.345 e. The number of anilines is 1. The third-order valence-corrected chi connectivity index (χ3v) is 7.63. The fraction of sp³-hybridized carbons (Fsp3) is 0.346. The van der Waals surface area contributed by atoms with Gasteiger partial charge in [-0.1, -0.05) is 12.1 Å². The lowest BCUT2D eigenvalue weighted by Crippen LogP contribution is -2.64. The highest BCUT2D eigenvalue weighted by Gasteiger charge is 2.53. The molecule has 10 nitrogen and oxygen atoms in total. The van der Waals surface area contributed by atoms with Crippen LogP contribution in [0, 0.1) is 0 Å². The smallest absolute Gasteiger partial charge is 0.258 e. The summed E-state index contributed by atoms with van der Waals surface area (Å²) in [5.41, 5.74) is 2.34. The Morgan fingerprint density at radius 2 is 1.78 bits per heavy atom. The van der Waals surface area contributed by atoms with Gasteiger partial charge in [-0.2, -0.15) is 0 Å². The molecular weight excluding hydrogens is 460 g/mol. The zero-order valence-electron chi connectivity index (χ0n) is 19.9. The number of carbonyl (C=O) groups is 4. The molecule has 4 amide bonds. The van der Waals surface area contributed by atoms with Gasteiger partial charge in [0, 0.05) is 38.2 Å². The third kappa shape index (κ3) is 3.35. The summed E-state index contributed by atoms with van der Waals surface area (Å²) in [5, 5.41) is 0. The average molecular weight is 487 g/mol. The minimum atomic E-state index is -0.874. The van der Waals surface area contributed by atoms with Gasteiger partial charge >= 0.3 is 0 Å². The first kappa shape index (κ1) is 22.3. The summed E-state index contributed by atoms with van der Waals surface area (Å²) in [5.74, 6) is -0.561. The van der Waals surface area contributed by atoms with Crippen LogP contribution in [0.2, 0.25) is 0 Å². The van der Waals surface area contributed by atoms with Crippen molar-refractivity contribution in [1.82, 2.24) is 24.7 Å². The van der Waals surface area contributed by atoms with Gasteiger partial charge in [0.2, 0.25) is 11.8 Å². The number of piperazine rings is 1. The average Bonchev–Trinajstić information content (AvgIpc) is 3.50. The Hall–Kier alpha value is -4.21. The number of carbonyl (C=O) groups excluding carboxylic acids is 4. The van der Waals surface area contributed by atoms with Crippen LogP contribution in [0.15, 0.2) is 48.8 Å². The maximum atomic E-state index is 13.4. The molecule has 3 aromatic rings. The molecule has 0 saturated carbocycles. The monoisotopic (exact) mass is 486 g/mol. The van der Waals surface area contributed by atoms with Gasteiger partial charge in [-0.25, -0.2) is 4.98 Å². The van der Waals surface area contributed by atoms with Crippen molar-refractivity contribution >= 4 is 40.3 Å². The van der Waals surface area contributed by atoms with Gasteiger partial charge in [0.25, 0.3) is 11.8 Å². The molecule has 6 rings (SSSR count). The van der Waals surface area contributed by atoms with E-state index in [9.17, 15) is 19.2 Å². The standard InChI is InChI=1S/C26H26N6O4/c1-26-9-8-22(33)32(26)21-5-3-2-4-18(21)25(36)31(26)15-23(34)29-10-12-30(13-11-29)24(35)17-6-7-19-20(14-17)28-16-27-19/h2-7,14,16H,8-13,15H2,1H3,(H,27,28). The van der Waals surface area contributed by atoms with Crippen molar-refractivity contribution < 1.29 is 19.2 Å². The van der Waals surface area contributed by atoms with Gasteiger partial charge < -0.3 is 19.7 Å². The molecule has 2 fully saturated rings. The summed E-state index contributed by atoms with van der Waals surface area (Å²) in [6.07, 6.45) is 2.40. The van der Waals surface area contributed by atoms with Crippen LogP contribution in [0.3, 0.4) is 0 Å². The molecule has 0 spiro atoms. The van der Waals surface area contributed by atoms with Gasteiger partial charge in [-0.3, -0.25) is 24.1 Å². The van der Waals surface area contributed by atoms with Gasteiger partial charge in [0.15, 0.2) is 0 Å². The molecule has 3 aliphatic rings. The van der Waals surface area contributed by atoms with Crippen molar-refractivity contribution in [3.63, 3.8) is 0 Å². The second kappa shape index (κ2) is 8.18. The number of amides is 4. The van der Waals surface area contributed by atoms with E-state index in [1.54, 1.807) is 56.3 Å². The Bertz CT molecular complexity index is 1410. The van der Waals surface area contributed by atoms with Gasteiger partial charge in [-0.05, 0) is 43.7 Å². The van der Waals surface area contributed by atoms with Crippen LogP contribution < -0.4 is 4.90 Å². The van der Waals surface area contributed by atoms with Crippen LogP contribution in [0.5, 0.6) is 0 Å². The first-order valence-electron chi connectivity index (χ1n) is 12.1. The maximum absolute atomic E-state index is 13.4. The maximum Gasteiger partial charge on any atom is 0.258 e. The first-order chi connectivity index (χ1) is 17.4. The minimum Gasteiger partial charge on any atom is -0.345 e. The molecule has 0 radical (unpaired) electrons. The lowest BCUT2D eigenvalue weighted by Gasteiger charge is -2.49. The third-order valence-electron chi connectivity index (χ3n) is 7.63. The summed E-state index contributed by atoms with van der Waals surface area (Å²) >= 11 is 0. The molecule has 184 valence electrons. The number of aromatic amines is 1. The van der Waals surface area contributed by atoms with Crippen LogP contribution in [-0.2, 0) is 9.59 Å². The second-order valence-electron chi connectivity index (χ2n) is 9.66. The number of aromatic nitrogens is 2. The van der Waals surface area contributed by atoms with Crippen molar-refractivity contribution in [3.8, 4) is 0 Å². The first-order valence-corrected chi connectivity index (χ1v) is 12.1. The number of nitrogens with zero attached hydrogens (tertiary/aromatic N) is 5. The number of nitrogens with one attached hydrogen (secondary N) is 1. The number of para-hydroxylation sites is 1. The number of fused-ring (bicyclic) bond motifs is 4. The summed E-state index contributed by atoms with van der Waals surface area (Å²) in [6.45, 7) is 3.32. The Kier molecular flexibility index (Phi) is 5.06. The number of hydrogen-bond donors (Lipinski definition) is 1. The van der Waals surface area contributed by atoms with E-state index in [0.29, 0.717) is 55.8 Å². The summed E-state index contributed by atoms with van der Waals surface area (Å²) < 4.78 is 0. The number of hydrogen-bond acceptors (Lipinski definition) is 5. The second-order valence-corrected chi connectivity index (χ2v) is 9.66. The van der Waals surface area contributed by atoms with E-state index < -0.39 is 5.66 Å². The molecule has 4 heterocycles. The number of H-pyrrole nitrogens is 1. The van der Waals surface area contributed by atoms with E-state index in [-0.39, 0.29) is 30.2 Å². The normalized spacial score (nSPS) is 21.7. The molecule has 0 aliphatic carbocycles. The molecule has 2 aromatic carbocycles. The Balaban J connectivity index is 1.15. The molecular formula is C26H26N6O4. The minimum absolute atomic E-state index is 0.0460. The highest BCUT2D eigenvalue weighted by molar-refractivity contribution is 6.11. The molecule has 3 aliphatic heterocycles. The predicted molar refractivity (Wildman–Crippen MR) is 131 cm³/mol. The molecule has 1 unspecified atom stereocenters. The van der Waals surface area contributed by atoms with Crippen LogP contribution in [0.4, 0.5) is 5.69 Å². The topological polar surface area (TPSA) is 110 Å². The van der Waals surface area contributed by atoms with E-state index >= 15 is 0 Å². The molecule has 1 N–H and O–H groups in total. The van der Waals surface area contributed by atoms with Crippen LogP contribution >= 0.6 is 0 Å². The molecule has 36 heavy (non-hydrogen) atoms. The van der Waals surface area contributed by atoms with Crippen molar-refractivity contribution in [1.29, 1.82) is 0 Å². The summed E-state index contributed by atoms with van der Waals surface area (Å²) in [7, 11) is 0. The lowest BCUT2D eigenvalue weighted by atomic mass is 9.98. The zero-order valence-corrected chi connectivity index (χ0v) is 19.9. The van der Waals surface area contributed by atoms with E-state index in [1.807, 2.05) is 19.1 Å². The highest BCUT2D eigenvalue weighted by atomic mass is 16.2. The number of rotatable bonds is 3. The number of benzene rings is 2. The van der Waals surface area contributed by atoms with Gasteiger partial charge in [0.1, 0.15) is 12.2 Å². The van der Waals surface area contributed by atoms with Crippen LogP contribution in [-0.4, -0.2) is 86.7 Å². The highest BCUT2D eigenvalue weighted by Crippen LogP contribution is 2.43. The Morgan fingerprint density at radius 3 is 2.58 bits per heavy atom. The molecule has 1 aromatic heterocycles. The summed E-state index contributed by atoms with van der Waals surface area (Å²) in [4.78, 5) is 66.3. The van der Waals surface area contributed by atoms with Crippen molar-refractivity contribution in [3.05, 3.63) is 59.9 Å². The van der Waals surface area contributed by atoms with Gasteiger partial charge in [-0.15, -0.1) is 0 Å². The Labute approximate surface area is 207 Å². The zero-order chi connectivity index (χ0) is 25.0.